The van der Waals surface area contributed by atoms with Gasteiger partial charge in [0.05, 0.1) is 0 Å². The second-order valence-corrected chi connectivity index (χ2v) is 7.62. The van der Waals surface area contributed by atoms with Gasteiger partial charge >= 0.3 is 0 Å². The Bertz CT molecular complexity index is 571. The number of nitrogens with zero attached hydrogens (tertiary/aromatic N) is 1. The van der Waals surface area contributed by atoms with Gasteiger partial charge in [-0.05, 0) is 55.9 Å². The Morgan fingerprint density at radius 1 is 1.45 bits per heavy atom. The van der Waals surface area contributed by atoms with E-state index in [1.165, 1.54) is 5.56 Å². The summed E-state index contributed by atoms with van der Waals surface area (Å²) in [6.45, 7) is 10.7. The van der Waals surface area contributed by atoms with Gasteiger partial charge < -0.3 is 4.90 Å². The van der Waals surface area contributed by atoms with Crippen molar-refractivity contribution in [1.82, 2.24) is 5.43 Å². The van der Waals surface area contributed by atoms with Crippen molar-refractivity contribution in [3.8, 4) is 0 Å². The van der Waals surface area contributed by atoms with Crippen LogP contribution in [0.2, 0.25) is 5.02 Å². The Balaban J connectivity index is 2.61. The van der Waals surface area contributed by atoms with E-state index in [1.807, 2.05) is 32.0 Å². The minimum atomic E-state index is -0.313. The highest BCUT2D eigenvalue weighted by atomic mass is 35.5. The van der Waals surface area contributed by atoms with Crippen LogP contribution >= 0.6 is 11.6 Å². The molecular formula is C17H26ClN3O. The normalized spacial score (nSPS) is 21.5. The molecule has 0 fully saturated rings. The van der Waals surface area contributed by atoms with Crippen molar-refractivity contribution >= 4 is 23.2 Å². The van der Waals surface area contributed by atoms with Crippen LogP contribution in [0.5, 0.6) is 0 Å². The van der Waals surface area contributed by atoms with E-state index in [0.29, 0.717) is 5.92 Å². The number of carbonyl (C=O) groups excluding carboxylic acids is 1. The highest BCUT2D eigenvalue weighted by molar-refractivity contribution is 6.30. The van der Waals surface area contributed by atoms with Crippen molar-refractivity contribution in [2.24, 2.45) is 11.8 Å². The SMILES string of the molecule is CC(C)[C@@H](C(=O)NN)N1c2ccc(Cl)cc2[C@H](C)CC1(C)C. The maximum atomic E-state index is 12.4. The van der Waals surface area contributed by atoms with E-state index in [1.54, 1.807) is 0 Å². The molecule has 22 heavy (non-hydrogen) atoms. The fourth-order valence-electron chi connectivity index (χ4n) is 3.75. The summed E-state index contributed by atoms with van der Waals surface area (Å²) in [6, 6.07) is 5.61. The number of anilines is 1. The molecule has 0 aliphatic carbocycles. The van der Waals surface area contributed by atoms with E-state index in [9.17, 15) is 4.79 Å². The monoisotopic (exact) mass is 323 g/mol. The summed E-state index contributed by atoms with van der Waals surface area (Å²) in [5, 5.41) is 0.731. The fraction of sp³-hybridized carbons (Fsp3) is 0.588. The van der Waals surface area contributed by atoms with E-state index < -0.39 is 0 Å². The first-order valence-electron chi connectivity index (χ1n) is 7.78. The molecule has 1 aromatic carbocycles. The number of hydrazine groups is 1. The second kappa shape index (κ2) is 6.09. The molecule has 0 unspecified atom stereocenters. The minimum absolute atomic E-state index is 0.137. The Morgan fingerprint density at radius 3 is 2.64 bits per heavy atom. The van der Waals surface area contributed by atoms with Gasteiger partial charge in [-0.25, -0.2) is 5.84 Å². The number of carbonyl (C=O) groups is 1. The molecule has 4 nitrogen and oxygen atoms in total. The lowest BCUT2D eigenvalue weighted by Gasteiger charge is -2.51. The summed E-state index contributed by atoms with van der Waals surface area (Å²) in [7, 11) is 0. The number of rotatable bonds is 3. The lowest BCUT2D eigenvalue weighted by molar-refractivity contribution is -0.123. The Kier molecular flexibility index (Phi) is 4.73. The largest absolute Gasteiger partial charge is 0.354 e. The second-order valence-electron chi connectivity index (χ2n) is 7.19. The van der Waals surface area contributed by atoms with Crippen molar-refractivity contribution in [2.45, 2.75) is 58.5 Å². The van der Waals surface area contributed by atoms with Crippen LogP contribution in [-0.4, -0.2) is 17.5 Å². The zero-order valence-electron chi connectivity index (χ0n) is 14.0. The summed E-state index contributed by atoms with van der Waals surface area (Å²) in [4.78, 5) is 14.6. The van der Waals surface area contributed by atoms with Gasteiger partial charge in [-0.2, -0.15) is 0 Å². The quantitative estimate of drug-likeness (QED) is 0.509. The predicted molar refractivity (Wildman–Crippen MR) is 92.0 cm³/mol. The van der Waals surface area contributed by atoms with Gasteiger partial charge in [0.1, 0.15) is 6.04 Å². The third-order valence-corrected chi connectivity index (χ3v) is 4.79. The van der Waals surface area contributed by atoms with Crippen LogP contribution in [0.1, 0.15) is 52.5 Å². The molecular weight excluding hydrogens is 298 g/mol. The maximum absolute atomic E-state index is 12.4. The van der Waals surface area contributed by atoms with Crippen LogP contribution in [0.25, 0.3) is 0 Å². The van der Waals surface area contributed by atoms with Crippen molar-refractivity contribution in [3.63, 3.8) is 0 Å². The summed E-state index contributed by atoms with van der Waals surface area (Å²) < 4.78 is 0. The number of fused-ring (bicyclic) bond motifs is 1. The number of amides is 1. The molecule has 1 aliphatic heterocycles. The van der Waals surface area contributed by atoms with Gasteiger partial charge in [-0.3, -0.25) is 10.2 Å². The smallest absolute Gasteiger partial charge is 0.256 e. The summed E-state index contributed by atoms with van der Waals surface area (Å²) in [5.41, 5.74) is 4.47. The van der Waals surface area contributed by atoms with Crippen LogP contribution in [-0.2, 0) is 4.79 Å². The van der Waals surface area contributed by atoms with Gasteiger partial charge in [0.2, 0.25) is 0 Å². The van der Waals surface area contributed by atoms with Gasteiger partial charge in [0, 0.05) is 16.2 Å². The number of nitrogens with one attached hydrogen (secondary N) is 1. The van der Waals surface area contributed by atoms with Crippen molar-refractivity contribution in [2.75, 3.05) is 4.90 Å². The molecule has 0 saturated carbocycles. The van der Waals surface area contributed by atoms with Crippen LogP contribution in [0.4, 0.5) is 5.69 Å². The zero-order chi connectivity index (χ0) is 16.7. The van der Waals surface area contributed by atoms with E-state index in [2.05, 4.69) is 31.1 Å². The Morgan fingerprint density at radius 2 is 2.09 bits per heavy atom. The van der Waals surface area contributed by atoms with E-state index >= 15 is 0 Å². The van der Waals surface area contributed by atoms with Gasteiger partial charge in [0.25, 0.3) is 5.91 Å². The molecule has 0 spiro atoms. The standard InChI is InChI=1S/C17H26ClN3O/c1-10(2)15(16(22)20-19)21-14-7-6-12(18)8-13(14)11(3)9-17(21,4)5/h6-8,10-11,15H,9,19H2,1-5H3,(H,20,22)/t11-,15+/m1/s1. The number of benzene rings is 1. The zero-order valence-corrected chi connectivity index (χ0v) is 14.7. The molecule has 2 atom stereocenters. The molecule has 5 heteroatoms. The van der Waals surface area contributed by atoms with Crippen LogP contribution in [0.15, 0.2) is 18.2 Å². The van der Waals surface area contributed by atoms with E-state index in [-0.39, 0.29) is 23.4 Å². The molecule has 3 N–H and O–H groups in total. The highest BCUT2D eigenvalue weighted by Gasteiger charge is 2.43. The van der Waals surface area contributed by atoms with E-state index in [4.69, 9.17) is 17.4 Å². The third-order valence-electron chi connectivity index (χ3n) is 4.56. The number of hydrogen-bond donors (Lipinski definition) is 2. The first-order chi connectivity index (χ1) is 10.2. The first-order valence-corrected chi connectivity index (χ1v) is 8.16. The lowest BCUT2D eigenvalue weighted by Crippen LogP contribution is -2.61. The van der Waals surface area contributed by atoms with Crippen LogP contribution < -0.4 is 16.2 Å². The van der Waals surface area contributed by atoms with E-state index in [0.717, 1.165) is 17.1 Å². The fourth-order valence-corrected chi connectivity index (χ4v) is 3.93. The topological polar surface area (TPSA) is 58.4 Å². The number of hydrogen-bond acceptors (Lipinski definition) is 3. The Labute approximate surface area is 138 Å². The molecule has 1 aliphatic rings. The molecule has 0 aromatic heterocycles. The highest BCUT2D eigenvalue weighted by Crippen LogP contribution is 2.46. The van der Waals surface area contributed by atoms with Crippen LogP contribution in [0, 0.1) is 5.92 Å². The van der Waals surface area contributed by atoms with Gasteiger partial charge in [-0.15, -0.1) is 0 Å². The maximum Gasteiger partial charge on any atom is 0.256 e. The molecule has 1 heterocycles. The molecule has 0 saturated heterocycles. The Hall–Kier alpha value is -1.26. The minimum Gasteiger partial charge on any atom is -0.354 e. The molecule has 122 valence electrons. The van der Waals surface area contributed by atoms with Crippen LogP contribution in [0.3, 0.4) is 0 Å². The first kappa shape index (κ1) is 17.1. The average Bonchev–Trinajstić information content (AvgIpc) is 2.42. The molecule has 0 bridgehead atoms. The molecule has 2 rings (SSSR count). The number of nitrogens with two attached hydrogens (primary N) is 1. The molecule has 1 aromatic rings. The van der Waals surface area contributed by atoms with Gasteiger partial charge in [0.15, 0.2) is 0 Å². The lowest BCUT2D eigenvalue weighted by atomic mass is 9.78. The van der Waals surface area contributed by atoms with Gasteiger partial charge in [-0.1, -0.05) is 32.4 Å². The predicted octanol–water partition coefficient (Wildman–Crippen LogP) is 3.45. The molecule has 0 radical (unpaired) electrons. The molecule has 1 amide bonds. The van der Waals surface area contributed by atoms with Crippen molar-refractivity contribution in [3.05, 3.63) is 28.8 Å². The summed E-state index contributed by atoms with van der Waals surface area (Å²) >= 11 is 6.17. The van der Waals surface area contributed by atoms with Crippen molar-refractivity contribution in [1.29, 1.82) is 0 Å². The third kappa shape index (κ3) is 2.95. The summed E-state index contributed by atoms with van der Waals surface area (Å²) in [5.74, 6) is 5.81. The number of halogens is 1. The summed E-state index contributed by atoms with van der Waals surface area (Å²) in [6.07, 6.45) is 0.960. The van der Waals surface area contributed by atoms with Crippen molar-refractivity contribution < 1.29 is 4.79 Å². The average molecular weight is 324 g/mol.